The van der Waals surface area contributed by atoms with Gasteiger partial charge in [0.25, 0.3) is 5.91 Å². The second-order valence-corrected chi connectivity index (χ2v) is 6.27. The Labute approximate surface area is 137 Å². The van der Waals surface area contributed by atoms with Gasteiger partial charge in [0.1, 0.15) is 10.1 Å². The first-order valence-electron chi connectivity index (χ1n) is 6.67. The van der Waals surface area contributed by atoms with E-state index in [1.165, 1.54) is 18.7 Å². The van der Waals surface area contributed by atoms with Gasteiger partial charge in [-0.3, -0.25) is 9.69 Å². The number of ether oxygens (including phenoxy) is 1. The van der Waals surface area contributed by atoms with Crippen LogP contribution in [0, 0.1) is 0 Å². The number of carbonyl (C=O) groups is 2. The van der Waals surface area contributed by atoms with Gasteiger partial charge in [-0.05, 0) is 37.6 Å². The largest absolute Gasteiger partial charge is 0.479 e. The molecule has 2 rings (SSSR count). The summed E-state index contributed by atoms with van der Waals surface area (Å²) in [4.78, 5) is 25.0. The van der Waals surface area contributed by atoms with E-state index in [0.29, 0.717) is 21.5 Å². The lowest BCUT2D eigenvalue weighted by Crippen LogP contribution is -2.27. The SMILES string of the molecule is CCN1C(=O)/C(=C/c2cccc(O[C@@H](C)C(=O)O)c2)SC1=S. The van der Waals surface area contributed by atoms with E-state index in [0.717, 1.165) is 5.56 Å². The summed E-state index contributed by atoms with van der Waals surface area (Å²) in [5.74, 6) is -0.702. The Morgan fingerprint density at radius 2 is 2.27 bits per heavy atom. The first-order chi connectivity index (χ1) is 10.4. The van der Waals surface area contributed by atoms with Gasteiger partial charge in [-0.1, -0.05) is 36.1 Å². The van der Waals surface area contributed by atoms with Crippen LogP contribution < -0.4 is 4.74 Å². The summed E-state index contributed by atoms with van der Waals surface area (Å²) in [6.45, 7) is 3.87. The number of likely N-dealkylation sites (N-methyl/N-ethyl adjacent to an activating group) is 1. The first-order valence-corrected chi connectivity index (χ1v) is 7.89. The van der Waals surface area contributed by atoms with Crippen molar-refractivity contribution in [2.24, 2.45) is 0 Å². The van der Waals surface area contributed by atoms with Crippen LogP contribution in [0.2, 0.25) is 0 Å². The number of carboxylic acids is 1. The Morgan fingerprint density at radius 1 is 1.55 bits per heavy atom. The number of thioether (sulfide) groups is 1. The molecule has 116 valence electrons. The summed E-state index contributed by atoms with van der Waals surface area (Å²) in [6.07, 6.45) is 0.793. The van der Waals surface area contributed by atoms with E-state index in [1.807, 2.05) is 13.0 Å². The molecule has 1 N–H and O–H groups in total. The molecule has 1 atom stereocenters. The zero-order valence-electron chi connectivity index (χ0n) is 12.1. The highest BCUT2D eigenvalue weighted by molar-refractivity contribution is 8.26. The highest BCUT2D eigenvalue weighted by Gasteiger charge is 2.30. The van der Waals surface area contributed by atoms with Crippen molar-refractivity contribution in [3.8, 4) is 5.75 Å². The van der Waals surface area contributed by atoms with Crippen molar-refractivity contribution < 1.29 is 19.4 Å². The van der Waals surface area contributed by atoms with Gasteiger partial charge in [-0.25, -0.2) is 4.79 Å². The summed E-state index contributed by atoms with van der Waals surface area (Å²) in [5.41, 5.74) is 0.756. The predicted molar refractivity (Wildman–Crippen MR) is 89.7 cm³/mol. The smallest absolute Gasteiger partial charge is 0.344 e. The lowest BCUT2D eigenvalue weighted by Gasteiger charge is -2.11. The minimum Gasteiger partial charge on any atom is -0.479 e. The Balaban J connectivity index is 2.20. The van der Waals surface area contributed by atoms with Gasteiger partial charge < -0.3 is 9.84 Å². The van der Waals surface area contributed by atoms with Crippen molar-refractivity contribution in [1.29, 1.82) is 0 Å². The van der Waals surface area contributed by atoms with Gasteiger partial charge in [0, 0.05) is 6.54 Å². The molecule has 1 aliphatic rings. The summed E-state index contributed by atoms with van der Waals surface area (Å²) in [5, 5.41) is 8.86. The van der Waals surface area contributed by atoms with E-state index in [2.05, 4.69) is 0 Å². The lowest BCUT2D eigenvalue weighted by molar-refractivity contribution is -0.144. The monoisotopic (exact) mass is 337 g/mol. The number of carboxylic acid groups (broad SMARTS) is 1. The Hall–Kier alpha value is -1.86. The molecule has 22 heavy (non-hydrogen) atoms. The molecule has 5 nitrogen and oxygen atoms in total. The molecule has 1 amide bonds. The fourth-order valence-corrected chi connectivity index (χ4v) is 3.24. The number of thiocarbonyl (C=S) groups is 1. The predicted octanol–water partition coefficient (Wildman–Crippen LogP) is 2.76. The summed E-state index contributed by atoms with van der Waals surface area (Å²) in [7, 11) is 0. The van der Waals surface area contributed by atoms with Gasteiger partial charge >= 0.3 is 5.97 Å². The molecule has 1 aliphatic heterocycles. The quantitative estimate of drug-likeness (QED) is 0.658. The highest BCUT2D eigenvalue weighted by atomic mass is 32.2. The second-order valence-electron chi connectivity index (χ2n) is 4.60. The normalized spacial score (nSPS) is 17.9. The number of nitrogens with zero attached hydrogens (tertiary/aromatic N) is 1. The number of hydrogen-bond acceptors (Lipinski definition) is 5. The molecular weight excluding hydrogens is 322 g/mol. The fraction of sp³-hybridized carbons (Fsp3) is 0.267. The van der Waals surface area contributed by atoms with Crippen molar-refractivity contribution in [3.63, 3.8) is 0 Å². The molecule has 0 aromatic heterocycles. The fourth-order valence-electron chi connectivity index (χ4n) is 1.86. The van der Waals surface area contributed by atoms with E-state index in [-0.39, 0.29) is 5.91 Å². The van der Waals surface area contributed by atoms with Crippen LogP contribution in [0.5, 0.6) is 5.75 Å². The molecule has 1 saturated heterocycles. The number of hydrogen-bond donors (Lipinski definition) is 1. The molecule has 1 aromatic rings. The summed E-state index contributed by atoms with van der Waals surface area (Å²) < 4.78 is 5.86. The van der Waals surface area contributed by atoms with Crippen LogP contribution >= 0.6 is 24.0 Å². The number of rotatable bonds is 5. The maximum absolute atomic E-state index is 12.1. The number of benzene rings is 1. The van der Waals surface area contributed by atoms with Crippen molar-refractivity contribution in [3.05, 3.63) is 34.7 Å². The molecule has 0 bridgehead atoms. The van der Waals surface area contributed by atoms with Crippen LogP contribution in [-0.4, -0.2) is 38.9 Å². The van der Waals surface area contributed by atoms with Crippen molar-refractivity contribution >= 4 is 46.3 Å². The van der Waals surface area contributed by atoms with Crippen LogP contribution in [0.1, 0.15) is 19.4 Å². The molecule has 0 spiro atoms. The Morgan fingerprint density at radius 3 is 2.86 bits per heavy atom. The topological polar surface area (TPSA) is 66.8 Å². The third-order valence-electron chi connectivity index (χ3n) is 3.01. The van der Waals surface area contributed by atoms with E-state index in [1.54, 1.807) is 29.2 Å². The molecule has 1 aromatic carbocycles. The zero-order valence-corrected chi connectivity index (χ0v) is 13.7. The van der Waals surface area contributed by atoms with Crippen LogP contribution in [0.15, 0.2) is 29.2 Å². The van der Waals surface area contributed by atoms with Crippen molar-refractivity contribution in [2.45, 2.75) is 20.0 Å². The lowest BCUT2D eigenvalue weighted by atomic mass is 10.2. The number of carbonyl (C=O) groups excluding carboxylic acids is 1. The molecule has 0 aliphatic carbocycles. The van der Waals surface area contributed by atoms with E-state index in [4.69, 9.17) is 22.1 Å². The molecule has 0 unspecified atom stereocenters. The average Bonchev–Trinajstić information content (AvgIpc) is 2.73. The van der Waals surface area contributed by atoms with Gasteiger partial charge in [-0.2, -0.15) is 0 Å². The molecule has 1 heterocycles. The summed E-state index contributed by atoms with van der Waals surface area (Å²) >= 11 is 6.42. The third-order valence-corrected chi connectivity index (χ3v) is 4.38. The van der Waals surface area contributed by atoms with E-state index >= 15 is 0 Å². The first kappa shape index (κ1) is 16.5. The average molecular weight is 337 g/mol. The standard InChI is InChI=1S/C15H15NO4S2/c1-3-16-13(17)12(22-15(16)21)8-10-5-4-6-11(7-10)20-9(2)14(18)19/h4-9H,3H2,1-2H3,(H,18,19)/b12-8-/t9-/m0/s1. The minimum atomic E-state index is -1.03. The van der Waals surface area contributed by atoms with Gasteiger partial charge in [-0.15, -0.1) is 0 Å². The van der Waals surface area contributed by atoms with Crippen molar-refractivity contribution in [1.82, 2.24) is 4.90 Å². The van der Waals surface area contributed by atoms with E-state index in [9.17, 15) is 9.59 Å². The Bertz CT molecular complexity index is 657. The molecule has 0 radical (unpaired) electrons. The molecule has 1 fully saturated rings. The highest BCUT2D eigenvalue weighted by Crippen LogP contribution is 2.32. The van der Waals surface area contributed by atoms with Gasteiger partial charge in [0.2, 0.25) is 0 Å². The minimum absolute atomic E-state index is 0.109. The number of aliphatic carboxylic acids is 1. The second kappa shape index (κ2) is 6.93. The van der Waals surface area contributed by atoms with Crippen LogP contribution in [0.3, 0.4) is 0 Å². The maximum Gasteiger partial charge on any atom is 0.344 e. The van der Waals surface area contributed by atoms with Gasteiger partial charge in [0.05, 0.1) is 4.91 Å². The summed E-state index contributed by atoms with van der Waals surface area (Å²) in [6, 6.07) is 6.93. The molecule has 7 heteroatoms. The Kier molecular flexibility index (Phi) is 5.20. The van der Waals surface area contributed by atoms with Gasteiger partial charge in [0.15, 0.2) is 6.10 Å². The molecular formula is C15H15NO4S2. The van der Waals surface area contributed by atoms with Crippen LogP contribution in [0.4, 0.5) is 0 Å². The van der Waals surface area contributed by atoms with Crippen LogP contribution in [-0.2, 0) is 9.59 Å². The molecule has 0 saturated carbocycles. The van der Waals surface area contributed by atoms with Crippen LogP contribution in [0.25, 0.3) is 6.08 Å². The van der Waals surface area contributed by atoms with E-state index < -0.39 is 12.1 Å². The van der Waals surface area contributed by atoms with Crippen molar-refractivity contribution in [2.75, 3.05) is 6.54 Å². The third kappa shape index (κ3) is 3.66. The maximum atomic E-state index is 12.1. The zero-order chi connectivity index (χ0) is 16.3. The number of amides is 1.